The zero-order valence-corrected chi connectivity index (χ0v) is 15.8. The molecule has 3 heterocycles. The Kier molecular flexibility index (Phi) is 5.61. The van der Waals surface area contributed by atoms with E-state index in [0.29, 0.717) is 24.6 Å². The van der Waals surface area contributed by atoms with E-state index < -0.39 is 0 Å². The molecule has 1 aliphatic heterocycles. The van der Waals surface area contributed by atoms with E-state index >= 15 is 0 Å². The molecule has 10 nitrogen and oxygen atoms in total. The number of anilines is 1. The van der Waals surface area contributed by atoms with Gasteiger partial charge in [0.2, 0.25) is 0 Å². The first kappa shape index (κ1) is 18.8. The Balaban J connectivity index is 1.34. The summed E-state index contributed by atoms with van der Waals surface area (Å²) in [7, 11) is 0. The number of rotatable bonds is 6. The maximum absolute atomic E-state index is 12.4. The summed E-state index contributed by atoms with van der Waals surface area (Å²) in [6, 6.07) is 10.5. The highest BCUT2D eigenvalue weighted by molar-refractivity contribution is 5.94. The second-order valence-electron chi connectivity index (χ2n) is 6.50. The number of ether oxygens (including phenoxy) is 1. The summed E-state index contributed by atoms with van der Waals surface area (Å²) in [5.41, 5.74) is 1.39. The molecule has 0 bridgehead atoms. The van der Waals surface area contributed by atoms with Crippen molar-refractivity contribution in [3.63, 3.8) is 0 Å². The van der Waals surface area contributed by atoms with Crippen molar-refractivity contribution >= 4 is 11.6 Å². The third kappa shape index (κ3) is 4.49. The number of nitrogens with zero attached hydrogens (tertiary/aromatic N) is 6. The van der Waals surface area contributed by atoms with Crippen LogP contribution in [-0.2, 0) is 11.3 Å². The Morgan fingerprint density at radius 3 is 2.62 bits per heavy atom. The van der Waals surface area contributed by atoms with Gasteiger partial charge in [-0.3, -0.25) is 9.59 Å². The number of amides is 1. The molecule has 0 spiro atoms. The van der Waals surface area contributed by atoms with Gasteiger partial charge < -0.3 is 15.0 Å². The highest BCUT2D eigenvalue weighted by Gasteiger charge is 2.12. The summed E-state index contributed by atoms with van der Waals surface area (Å²) in [6.07, 6.45) is 2.89. The van der Waals surface area contributed by atoms with E-state index in [9.17, 15) is 9.59 Å². The Labute approximate surface area is 166 Å². The van der Waals surface area contributed by atoms with Crippen LogP contribution < -0.4 is 15.8 Å². The molecule has 0 saturated carbocycles. The van der Waals surface area contributed by atoms with Crippen molar-refractivity contribution in [3.8, 4) is 5.82 Å². The highest BCUT2D eigenvalue weighted by atomic mass is 16.5. The third-order valence-electron chi connectivity index (χ3n) is 4.62. The fraction of sp³-hybridized carbons (Fsp3) is 0.316. The molecule has 10 heteroatoms. The van der Waals surface area contributed by atoms with E-state index in [1.807, 2.05) is 12.1 Å². The lowest BCUT2D eigenvalue weighted by atomic mass is 10.1. The average Bonchev–Trinajstić information content (AvgIpc) is 3.31. The molecule has 0 atom stereocenters. The maximum atomic E-state index is 12.4. The van der Waals surface area contributed by atoms with Crippen LogP contribution in [0, 0.1) is 0 Å². The smallest absolute Gasteiger partial charge is 0.266 e. The number of hydrogen-bond donors (Lipinski definition) is 1. The number of nitrogens with one attached hydrogen (secondary N) is 1. The second-order valence-corrected chi connectivity index (χ2v) is 6.50. The van der Waals surface area contributed by atoms with Gasteiger partial charge in [-0.15, -0.1) is 5.10 Å². The molecular weight excluding hydrogens is 374 g/mol. The molecule has 1 aliphatic rings. The number of carbonyl (C=O) groups excluding carboxylic acids is 1. The predicted octanol–water partition coefficient (Wildman–Crippen LogP) is 0.0906. The monoisotopic (exact) mass is 395 g/mol. The van der Waals surface area contributed by atoms with Crippen LogP contribution in [-0.4, -0.2) is 63.3 Å². The predicted molar refractivity (Wildman–Crippen MR) is 105 cm³/mol. The Bertz CT molecular complexity index is 1010. The Morgan fingerprint density at radius 1 is 1.10 bits per heavy atom. The van der Waals surface area contributed by atoms with Gasteiger partial charge in [-0.25, -0.2) is 14.3 Å². The summed E-state index contributed by atoms with van der Waals surface area (Å²) >= 11 is 0. The standard InChI is InChI=1S/C19H21N7O3/c27-18-6-5-17(26-14-20-13-22-26)23-25(18)8-7-21-19(28)15-1-3-16(4-2-15)24-9-11-29-12-10-24/h1-6,13-14H,7-12H2,(H,21,28). The molecule has 0 unspecified atom stereocenters. The van der Waals surface area contributed by atoms with Gasteiger partial charge in [0.1, 0.15) is 12.7 Å². The molecule has 1 amide bonds. The molecular formula is C19H21N7O3. The number of morpholine rings is 1. The van der Waals surface area contributed by atoms with Gasteiger partial charge in [-0.2, -0.15) is 5.10 Å². The zero-order chi connectivity index (χ0) is 20.1. The lowest BCUT2D eigenvalue weighted by Gasteiger charge is -2.28. The van der Waals surface area contributed by atoms with Crippen molar-refractivity contribution in [2.45, 2.75) is 6.54 Å². The lowest BCUT2D eigenvalue weighted by Crippen LogP contribution is -2.36. The topological polar surface area (TPSA) is 107 Å². The molecule has 1 saturated heterocycles. The SMILES string of the molecule is O=C(NCCn1nc(-n2cncn2)ccc1=O)c1ccc(N2CCOCC2)cc1. The first-order valence-corrected chi connectivity index (χ1v) is 9.35. The van der Waals surface area contributed by atoms with Crippen LogP contribution in [0.1, 0.15) is 10.4 Å². The van der Waals surface area contributed by atoms with Gasteiger partial charge in [0.15, 0.2) is 5.82 Å². The summed E-state index contributed by atoms with van der Waals surface area (Å²) in [6.45, 7) is 3.65. The van der Waals surface area contributed by atoms with Gasteiger partial charge in [0.25, 0.3) is 11.5 Å². The summed E-state index contributed by atoms with van der Waals surface area (Å²) in [5.74, 6) is 0.283. The van der Waals surface area contributed by atoms with Crippen LogP contribution in [0.5, 0.6) is 0 Å². The van der Waals surface area contributed by atoms with Gasteiger partial charge in [-0.05, 0) is 30.3 Å². The quantitative estimate of drug-likeness (QED) is 0.630. The zero-order valence-electron chi connectivity index (χ0n) is 15.8. The Morgan fingerprint density at radius 2 is 1.90 bits per heavy atom. The van der Waals surface area contributed by atoms with E-state index in [2.05, 4.69) is 25.4 Å². The first-order valence-electron chi connectivity index (χ1n) is 9.35. The van der Waals surface area contributed by atoms with Gasteiger partial charge in [-0.1, -0.05) is 0 Å². The fourth-order valence-electron chi connectivity index (χ4n) is 3.07. The van der Waals surface area contributed by atoms with E-state index in [4.69, 9.17) is 4.74 Å². The lowest BCUT2D eigenvalue weighted by molar-refractivity contribution is 0.0951. The second kappa shape index (κ2) is 8.65. The summed E-state index contributed by atoms with van der Waals surface area (Å²) in [4.78, 5) is 30.5. The van der Waals surface area contributed by atoms with E-state index in [-0.39, 0.29) is 24.6 Å². The molecule has 0 radical (unpaired) electrons. The summed E-state index contributed by atoms with van der Waals surface area (Å²) < 4.78 is 8.11. The van der Waals surface area contributed by atoms with E-state index in [1.54, 1.807) is 18.2 Å². The minimum atomic E-state index is -0.252. The number of benzene rings is 1. The van der Waals surface area contributed by atoms with Crippen molar-refractivity contribution in [1.29, 1.82) is 0 Å². The van der Waals surface area contributed by atoms with E-state index in [0.717, 1.165) is 18.8 Å². The fourth-order valence-corrected chi connectivity index (χ4v) is 3.07. The third-order valence-corrected chi connectivity index (χ3v) is 4.62. The van der Waals surface area contributed by atoms with Crippen molar-refractivity contribution in [1.82, 2.24) is 29.9 Å². The molecule has 1 aromatic carbocycles. The van der Waals surface area contributed by atoms with Gasteiger partial charge in [0, 0.05) is 37.0 Å². The number of aromatic nitrogens is 5. The molecule has 3 aromatic rings. The van der Waals surface area contributed by atoms with Crippen LogP contribution >= 0.6 is 0 Å². The molecule has 4 rings (SSSR count). The highest BCUT2D eigenvalue weighted by Crippen LogP contribution is 2.16. The number of carbonyl (C=O) groups is 1. The molecule has 150 valence electrons. The minimum Gasteiger partial charge on any atom is -0.378 e. The van der Waals surface area contributed by atoms with Crippen molar-refractivity contribution < 1.29 is 9.53 Å². The van der Waals surface area contributed by atoms with Gasteiger partial charge >= 0.3 is 0 Å². The normalized spacial score (nSPS) is 14.0. The molecule has 1 fully saturated rings. The molecule has 29 heavy (non-hydrogen) atoms. The minimum absolute atomic E-state index is 0.195. The van der Waals surface area contributed by atoms with Crippen molar-refractivity contribution in [2.24, 2.45) is 0 Å². The van der Waals surface area contributed by atoms with Crippen LogP contribution in [0.25, 0.3) is 5.82 Å². The molecule has 2 aromatic heterocycles. The summed E-state index contributed by atoms with van der Waals surface area (Å²) in [5, 5.41) is 11.1. The van der Waals surface area contributed by atoms with Crippen LogP contribution in [0.4, 0.5) is 5.69 Å². The van der Waals surface area contributed by atoms with Crippen molar-refractivity contribution in [3.05, 3.63) is 65.0 Å². The van der Waals surface area contributed by atoms with Gasteiger partial charge in [0.05, 0.1) is 19.8 Å². The van der Waals surface area contributed by atoms with E-state index in [1.165, 1.54) is 28.1 Å². The first-order chi connectivity index (χ1) is 14.2. The number of hydrogen-bond acceptors (Lipinski definition) is 7. The molecule has 1 N–H and O–H groups in total. The average molecular weight is 395 g/mol. The molecule has 0 aliphatic carbocycles. The Hall–Kier alpha value is -3.53. The largest absolute Gasteiger partial charge is 0.378 e. The van der Waals surface area contributed by atoms with Crippen LogP contribution in [0.3, 0.4) is 0 Å². The maximum Gasteiger partial charge on any atom is 0.266 e. The van der Waals surface area contributed by atoms with Crippen molar-refractivity contribution in [2.75, 3.05) is 37.7 Å². The van der Waals surface area contributed by atoms with Crippen LogP contribution in [0.15, 0.2) is 53.8 Å². The van der Waals surface area contributed by atoms with Crippen LogP contribution in [0.2, 0.25) is 0 Å².